The van der Waals surface area contributed by atoms with Crippen LogP contribution in [0.4, 0.5) is 4.39 Å². The molecule has 1 nitrogen and oxygen atoms in total. The van der Waals surface area contributed by atoms with E-state index in [-0.39, 0.29) is 5.82 Å². The molecular formula is C13H16FN. The summed E-state index contributed by atoms with van der Waals surface area (Å²) in [5.41, 5.74) is 1.80. The van der Waals surface area contributed by atoms with E-state index >= 15 is 0 Å². The van der Waals surface area contributed by atoms with Gasteiger partial charge in [0, 0.05) is 13.0 Å². The lowest BCUT2D eigenvalue weighted by molar-refractivity contribution is 0.614. The highest BCUT2D eigenvalue weighted by molar-refractivity contribution is 5.23. The van der Waals surface area contributed by atoms with Crippen molar-refractivity contribution in [2.24, 2.45) is 0 Å². The molecule has 0 amide bonds. The molecule has 0 aromatic heterocycles. The van der Waals surface area contributed by atoms with Crippen molar-refractivity contribution in [3.05, 3.63) is 35.1 Å². The molecular weight excluding hydrogens is 189 g/mol. The van der Waals surface area contributed by atoms with E-state index in [1.54, 1.807) is 13.0 Å². The van der Waals surface area contributed by atoms with Crippen LogP contribution in [0.25, 0.3) is 0 Å². The summed E-state index contributed by atoms with van der Waals surface area (Å²) in [6.07, 6.45) is 6.92. The minimum absolute atomic E-state index is 0.147. The number of hydrogen-bond donors (Lipinski definition) is 1. The van der Waals surface area contributed by atoms with Crippen molar-refractivity contribution in [2.45, 2.75) is 26.3 Å². The van der Waals surface area contributed by atoms with Crippen molar-refractivity contribution in [1.82, 2.24) is 5.32 Å². The van der Waals surface area contributed by atoms with E-state index in [1.807, 2.05) is 6.07 Å². The lowest BCUT2D eigenvalue weighted by Crippen LogP contribution is -2.14. The number of aryl methyl sites for hydroxylation is 1. The van der Waals surface area contributed by atoms with Crippen LogP contribution in [-0.2, 0) is 6.54 Å². The first-order valence-corrected chi connectivity index (χ1v) is 5.13. The summed E-state index contributed by atoms with van der Waals surface area (Å²) in [6, 6.07) is 5.17. The van der Waals surface area contributed by atoms with E-state index < -0.39 is 0 Å². The summed E-state index contributed by atoms with van der Waals surface area (Å²) in [4.78, 5) is 0. The highest BCUT2D eigenvalue weighted by Gasteiger charge is 1.98. The number of rotatable bonds is 5. The van der Waals surface area contributed by atoms with Gasteiger partial charge in [-0.3, -0.25) is 0 Å². The normalized spacial score (nSPS) is 9.93. The third-order valence-electron chi connectivity index (χ3n) is 2.23. The molecule has 0 aliphatic heterocycles. The zero-order chi connectivity index (χ0) is 11.1. The molecule has 0 atom stereocenters. The lowest BCUT2D eigenvalue weighted by atomic mass is 10.1. The van der Waals surface area contributed by atoms with Crippen molar-refractivity contribution in [1.29, 1.82) is 0 Å². The number of benzene rings is 1. The van der Waals surface area contributed by atoms with Gasteiger partial charge in [0.15, 0.2) is 0 Å². The average Bonchev–Trinajstić information content (AvgIpc) is 2.23. The zero-order valence-corrected chi connectivity index (χ0v) is 9.02. The number of terminal acetylenes is 1. The van der Waals surface area contributed by atoms with Gasteiger partial charge in [-0.05, 0) is 37.1 Å². The van der Waals surface area contributed by atoms with Gasteiger partial charge in [0.05, 0.1) is 0 Å². The number of hydrogen-bond acceptors (Lipinski definition) is 1. The Balaban J connectivity index is 2.32. The van der Waals surface area contributed by atoms with E-state index in [0.717, 1.165) is 31.5 Å². The molecule has 1 N–H and O–H groups in total. The van der Waals surface area contributed by atoms with E-state index in [0.29, 0.717) is 5.56 Å². The molecule has 0 radical (unpaired) electrons. The molecule has 0 aliphatic carbocycles. The smallest absolute Gasteiger partial charge is 0.126 e. The van der Waals surface area contributed by atoms with Crippen LogP contribution in [0.3, 0.4) is 0 Å². The maximum absolute atomic E-state index is 12.9. The Kier molecular flexibility index (Phi) is 4.86. The Hall–Kier alpha value is -1.33. The van der Waals surface area contributed by atoms with Crippen LogP contribution in [0.1, 0.15) is 24.0 Å². The molecule has 1 rings (SSSR count). The van der Waals surface area contributed by atoms with Crippen LogP contribution in [0, 0.1) is 25.1 Å². The molecule has 0 saturated heterocycles. The molecule has 80 valence electrons. The molecule has 0 spiro atoms. The minimum atomic E-state index is -0.147. The molecule has 0 heterocycles. The predicted octanol–water partition coefficient (Wildman–Crippen LogP) is 2.64. The third kappa shape index (κ3) is 4.14. The minimum Gasteiger partial charge on any atom is -0.313 e. The highest BCUT2D eigenvalue weighted by atomic mass is 19.1. The first-order chi connectivity index (χ1) is 7.24. The second kappa shape index (κ2) is 6.21. The summed E-state index contributed by atoms with van der Waals surface area (Å²) < 4.78 is 12.9. The van der Waals surface area contributed by atoms with Gasteiger partial charge in [-0.25, -0.2) is 4.39 Å². The Labute approximate surface area is 90.7 Å². The van der Waals surface area contributed by atoms with E-state index in [2.05, 4.69) is 11.2 Å². The SMILES string of the molecule is C#CCCCNCc1ccc(F)c(C)c1. The number of unbranched alkanes of at least 4 members (excludes halogenated alkanes) is 1. The van der Waals surface area contributed by atoms with E-state index in [4.69, 9.17) is 6.42 Å². The molecule has 0 unspecified atom stereocenters. The first kappa shape index (κ1) is 11.7. The third-order valence-corrected chi connectivity index (χ3v) is 2.23. The van der Waals surface area contributed by atoms with Crippen molar-refractivity contribution in [3.63, 3.8) is 0 Å². The highest BCUT2D eigenvalue weighted by Crippen LogP contribution is 2.08. The van der Waals surface area contributed by atoms with Gasteiger partial charge in [-0.15, -0.1) is 12.3 Å². The fraction of sp³-hybridized carbons (Fsp3) is 0.385. The largest absolute Gasteiger partial charge is 0.313 e. The monoisotopic (exact) mass is 205 g/mol. The fourth-order valence-electron chi connectivity index (χ4n) is 1.36. The number of nitrogens with one attached hydrogen (secondary N) is 1. The lowest BCUT2D eigenvalue weighted by Gasteiger charge is -2.05. The summed E-state index contributed by atoms with van der Waals surface area (Å²) in [6.45, 7) is 3.45. The Morgan fingerprint density at radius 3 is 2.93 bits per heavy atom. The summed E-state index contributed by atoms with van der Waals surface area (Å²) >= 11 is 0. The van der Waals surface area contributed by atoms with E-state index in [1.165, 1.54) is 6.07 Å². The van der Waals surface area contributed by atoms with Gasteiger partial charge in [-0.2, -0.15) is 0 Å². The number of halogens is 1. The van der Waals surface area contributed by atoms with Gasteiger partial charge in [0.2, 0.25) is 0 Å². The van der Waals surface area contributed by atoms with Gasteiger partial charge in [0.25, 0.3) is 0 Å². The van der Waals surface area contributed by atoms with Gasteiger partial charge < -0.3 is 5.32 Å². The molecule has 0 bridgehead atoms. The van der Waals surface area contributed by atoms with Gasteiger partial charge >= 0.3 is 0 Å². The summed E-state index contributed by atoms with van der Waals surface area (Å²) in [7, 11) is 0. The second-order valence-electron chi connectivity index (χ2n) is 3.57. The quantitative estimate of drug-likeness (QED) is 0.575. The van der Waals surface area contributed by atoms with Crippen LogP contribution < -0.4 is 5.32 Å². The molecule has 2 heteroatoms. The maximum atomic E-state index is 12.9. The van der Waals surface area contributed by atoms with Crippen LogP contribution in [0.15, 0.2) is 18.2 Å². The Morgan fingerprint density at radius 2 is 2.27 bits per heavy atom. The Bertz CT molecular complexity index is 352. The molecule has 1 aromatic carbocycles. The second-order valence-corrected chi connectivity index (χ2v) is 3.57. The van der Waals surface area contributed by atoms with Gasteiger partial charge in [0.1, 0.15) is 5.82 Å². The van der Waals surface area contributed by atoms with Crippen LogP contribution >= 0.6 is 0 Å². The van der Waals surface area contributed by atoms with Crippen molar-refractivity contribution in [3.8, 4) is 12.3 Å². The first-order valence-electron chi connectivity index (χ1n) is 5.13. The van der Waals surface area contributed by atoms with Crippen LogP contribution in [-0.4, -0.2) is 6.54 Å². The predicted molar refractivity (Wildman–Crippen MR) is 60.9 cm³/mol. The molecule has 0 saturated carbocycles. The zero-order valence-electron chi connectivity index (χ0n) is 9.02. The molecule has 1 aromatic rings. The topological polar surface area (TPSA) is 12.0 Å². The summed E-state index contributed by atoms with van der Waals surface area (Å²) in [5, 5.41) is 3.27. The van der Waals surface area contributed by atoms with Gasteiger partial charge in [-0.1, -0.05) is 12.1 Å². The molecule has 0 fully saturated rings. The van der Waals surface area contributed by atoms with Crippen molar-refractivity contribution < 1.29 is 4.39 Å². The van der Waals surface area contributed by atoms with Crippen molar-refractivity contribution in [2.75, 3.05) is 6.54 Å². The standard InChI is InChI=1S/C13H16FN/c1-3-4-5-8-15-10-12-6-7-13(14)11(2)9-12/h1,6-7,9,15H,4-5,8,10H2,2H3. The van der Waals surface area contributed by atoms with Crippen molar-refractivity contribution >= 4 is 0 Å². The Morgan fingerprint density at radius 1 is 1.47 bits per heavy atom. The van der Waals surface area contributed by atoms with E-state index in [9.17, 15) is 4.39 Å². The van der Waals surface area contributed by atoms with Crippen LogP contribution in [0.5, 0.6) is 0 Å². The maximum Gasteiger partial charge on any atom is 0.126 e. The molecule has 0 aliphatic rings. The van der Waals surface area contributed by atoms with Crippen LogP contribution in [0.2, 0.25) is 0 Å². The summed E-state index contributed by atoms with van der Waals surface area (Å²) in [5.74, 6) is 2.45. The molecule has 15 heavy (non-hydrogen) atoms. The average molecular weight is 205 g/mol. The fourth-order valence-corrected chi connectivity index (χ4v) is 1.36.